The second-order valence-electron chi connectivity index (χ2n) is 6.22. The Bertz CT molecular complexity index is 809. The molecule has 4 heteroatoms. The molecule has 0 spiro atoms. The van der Waals surface area contributed by atoms with Crippen molar-refractivity contribution >= 4 is 17.0 Å². The number of hydrogen-bond acceptors (Lipinski definition) is 2. The number of alkyl carbamates (subject to hydrolysis) is 1. The molecule has 0 saturated carbocycles. The zero-order chi connectivity index (χ0) is 16.9. The van der Waals surface area contributed by atoms with Crippen LogP contribution in [0.5, 0.6) is 0 Å². The summed E-state index contributed by atoms with van der Waals surface area (Å²) in [5.41, 5.74) is 3.12. The molecule has 1 amide bonds. The third-order valence-corrected chi connectivity index (χ3v) is 4.11. The molecule has 4 nitrogen and oxygen atoms in total. The van der Waals surface area contributed by atoms with Gasteiger partial charge in [-0.2, -0.15) is 0 Å². The van der Waals surface area contributed by atoms with Gasteiger partial charge in [0.15, 0.2) is 0 Å². The second-order valence-corrected chi connectivity index (χ2v) is 6.22. The Kier molecular flexibility index (Phi) is 4.85. The van der Waals surface area contributed by atoms with Crippen molar-refractivity contribution in [1.29, 1.82) is 0 Å². The van der Waals surface area contributed by atoms with E-state index < -0.39 is 6.09 Å². The summed E-state index contributed by atoms with van der Waals surface area (Å²) >= 11 is 0. The number of H-pyrrole nitrogens is 1. The van der Waals surface area contributed by atoms with E-state index in [2.05, 4.69) is 30.2 Å². The Morgan fingerprint density at radius 2 is 1.79 bits per heavy atom. The van der Waals surface area contributed by atoms with Crippen molar-refractivity contribution in [3.05, 3.63) is 71.9 Å². The number of carbonyl (C=O) groups is 1. The Morgan fingerprint density at radius 1 is 1.08 bits per heavy atom. The summed E-state index contributed by atoms with van der Waals surface area (Å²) in [6, 6.07) is 17.7. The topological polar surface area (TPSA) is 54.1 Å². The smallest absolute Gasteiger partial charge is 0.407 e. The molecule has 0 bridgehead atoms. The van der Waals surface area contributed by atoms with Gasteiger partial charge < -0.3 is 15.0 Å². The van der Waals surface area contributed by atoms with Crippen molar-refractivity contribution in [3.8, 4) is 0 Å². The van der Waals surface area contributed by atoms with Gasteiger partial charge in [-0.25, -0.2) is 4.79 Å². The number of hydrogen-bond donors (Lipinski definition) is 2. The van der Waals surface area contributed by atoms with Crippen LogP contribution in [0.3, 0.4) is 0 Å². The molecule has 0 aliphatic heterocycles. The van der Waals surface area contributed by atoms with Crippen molar-refractivity contribution in [1.82, 2.24) is 10.3 Å². The Labute approximate surface area is 141 Å². The normalized spacial score (nSPS) is 12.3. The molecule has 1 atom stereocenters. The fourth-order valence-corrected chi connectivity index (χ4v) is 2.85. The largest absolute Gasteiger partial charge is 0.445 e. The van der Waals surface area contributed by atoms with Crippen LogP contribution in [0.2, 0.25) is 0 Å². The molecule has 0 aliphatic carbocycles. The monoisotopic (exact) mass is 322 g/mol. The maximum absolute atomic E-state index is 12.2. The van der Waals surface area contributed by atoms with Gasteiger partial charge >= 0.3 is 6.09 Å². The fraction of sp³-hybridized carbons (Fsp3) is 0.250. The van der Waals surface area contributed by atoms with E-state index in [0.717, 1.165) is 22.0 Å². The molecular weight excluding hydrogens is 300 g/mol. The molecule has 3 aromatic rings. The SMILES string of the molecule is CC(C)C(NC(=O)OCc1ccccc1)c1c[nH]c2ccccc12. The van der Waals surface area contributed by atoms with E-state index in [1.165, 1.54) is 0 Å². The Balaban J connectivity index is 1.71. The summed E-state index contributed by atoms with van der Waals surface area (Å²) in [6.45, 7) is 4.44. The van der Waals surface area contributed by atoms with Crippen LogP contribution in [0.1, 0.15) is 31.0 Å². The minimum absolute atomic E-state index is 0.107. The first-order valence-electron chi connectivity index (χ1n) is 8.18. The number of aromatic amines is 1. The van der Waals surface area contributed by atoms with Crippen LogP contribution in [0.15, 0.2) is 60.8 Å². The van der Waals surface area contributed by atoms with E-state index in [0.29, 0.717) is 0 Å². The van der Waals surface area contributed by atoms with Crippen LogP contribution < -0.4 is 5.32 Å². The molecule has 1 aromatic heterocycles. The van der Waals surface area contributed by atoms with E-state index >= 15 is 0 Å². The maximum Gasteiger partial charge on any atom is 0.407 e. The lowest BCUT2D eigenvalue weighted by atomic mass is 9.96. The molecule has 2 N–H and O–H groups in total. The molecule has 0 saturated heterocycles. The van der Waals surface area contributed by atoms with Gasteiger partial charge in [-0.1, -0.05) is 62.4 Å². The lowest BCUT2D eigenvalue weighted by Gasteiger charge is -2.22. The molecule has 24 heavy (non-hydrogen) atoms. The summed E-state index contributed by atoms with van der Waals surface area (Å²) < 4.78 is 5.36. The van der Waals surface area contributed by atoms with Gasteiger partial charge in [0.2, 0.25) is 0 Å². The number of aromatic nitrogens is 1. The Hall–Kier alpha value is -2.75. The van der Waals surface area contributed by atoms with Gasteiger partial charge in [-0.3, -0.25) is 0 Å². The fourth-order valence-electron chi connectivity index (χ4n) is 2.85. The summed E-state index contributed by atoms with van der Waals surface area (Å²) in [7, 11) is 0. The summed E-state index contributed by atoms with van der Waals surface area (Å²) in [4.78, 5) is 15.5. The molecular formula is C20H22N2O2. The first-order chi connectivity index (χ1) is 11.6. The molecule has 2 aromatic carbocycles. The summed E-state index contributed by atoms with van der Waals surface area (Å²) in [6.07, 6.45) is 1.56. The summed E-state index contributed by atoms with van der Waals surface area (Å²) in [5.74, 6) is 0.244. The average molecular weight is 322 g/mol. The van der Waals surface area contributed by atoms with Crippen LogP contribution in [0.25, 0.3) is 10.9 Å². The van der Waals surface area contributed by atoms with Gasteiger partial charge in [-0.15, -0.1) is 0 Å². The van der Waals surface area contributed by atoms with Crippen molar-refractivity contribution in [3.63, 3.8) is 0 Å². The zero-order valence-corrected chi connectivity index (χ0v) is 14.0. The summed E-state index contributed by atoms with van der Waals surface area (Å²) in [5, 5.41) is 4.12. The highest BCUT2D eigenvalue weighted by Crippen LogP contribution is 2.29. The molecule has 0 aliphatic rings. The van der Waals surface area contributed by atoms with Gasteiger partial charge in [0.25, 0.3) is 0 Å². The van der Waals surface area contributed by atoms with Crippen LogP contribution in [-0.4, -0.2) is 11.1 Å². The number of nitrogens with one attached hydrogen (secondary N) is 2. The number of carbonyl (C=O) groups excluding carboxylic acids is 1. The standard InChI is InChI=1S/C20H22N2O2/c1-14(2)19(17-12-21-18-11-7-6-10-16(17)18)22-20(23)24-13-15-8-4-3-5-9-15/h3-12,14,19,21H,13H2,1-2H3,(H,22,23). The van der Waals surface area contributed by atoms with E-state index in [1.54, 1.807) is 0 Å². The minimum atomic E-state index is -0.400. The maximum atomic E-state index is 12.2. The number of ether oxygens (including phenoxy) is 1. The van der Waals surface area contributed by atoms with Crippen LogP contribution in [-0.2, 0) is 11.3 Å². The predicted octanol–water partition coefficient (Wildman–Crippen LogP) is 4.79. The molecule has 124 valence electrons. The highest BCUT2D eigenvalue weighted by atomic mass is 16.5. The highest BCUT2D eigenvalue weighted by molar-refractivity contribution is 5.84. The first-order valence-corrected chi connectivity index (χ1v) is 8.18. The van der Waals surface area contributed by atoms with Crippen LogP contribution in [0, 0.1) is 5.92 Å². The zero-order valence-electron chi connectivity index (χ0n) is 14.0. The van der Waals surface area contributed by atoms with Gasteiger partial charge in [0.05, 0.1) is 6.04 Å². The molecule has 1 unspecified atom stereocenters. The van der Waals surface area contributed by atoms with Gasteiger partial charge in [-0.05, 0) is 17.5 Å². The lowest BCUT2D eigenvalue weighted by Crippen LogP contribution is -2.32. The van der Waals surface area contributed by atoms with Gasteiger partial charge in [0.1, 0.15) is 6.61 Å². The minimum Gasteiger partial charge on any atom is -0.445 e. The molecule has 3 rings (SSSR count). The van der Waals surface area contributed by atoms with Crippen LogP contribution in [0.4, 0.5) is 4.79 Å². The predicted molar refractivity (Wildman–Crippen MR) is 95.6 cm³/mol. The van der Waals surface area contributed by atoms with E-state index in [4.69, 9.17) is 4.74 Å². The average Bonchev–Trinajstić information content (AvgIpc) is 3.02. The quantitative estimate of drug-likeness (QED) is 0.709. The van der Waals surface area contributed by atoms with Crippen molar-refractivity contribution in [2.75, 3.05) is 0 Å². The van der Waals surface area contributed by atoms with Crippen molar-refractivity contribution in [2.24, 2.45) is 5.92 Å². The van der Waals surface area contributed by atoms with E-state index in [-0.39, 0.29) is 18.6 Å². The number of benzene rings is 2. The van der Waals surface area contributed by atoms with Crippen molar-refractivity contribution in [2.45, 2.75) is 26.5 Å². The highest BCUT2D eigenvalue weighted by Gasteiger charge is 2.22. The van der Waals surface area contributed by atoms with Crippen LogP contribution >= 0.6 is 0 Å². The number of rotatable bonds is 5. The number of fused-ring (bicyclic) bond motifs is 1. The third-order valence-electron chi connectivity index (χ3n) is 4.11. The molecule has 1 heterocycles. The Morgan fingerprint density at radius 3 is 2.54 bits per heavy atom. The molecule has 0 fully saturated rings. The second kappa shape index (κ2) is 7.21. The lowest BCUT2D eigenvalue weighted by molar-refractivity contribution is 0.133. The van der Waals surface area contributed by atoms with Gasteiger partial charge in [0, 0.05) is 22.7 Å². The molecule has 0 radical (unpaired) electrons. The van der Waals surface area contributed by atoms with E-state index in [1.807, 2.05) is 54.7 Å². The third kappa shape index (κ3) is 3.59. The number of para-hydroxylation sites is 1. The van der Waals surface area contributed by atoms with Crippen molar-refractivity contribution < 1.29 is 9.53 Å². The van der Waals surface area contributed by atoms with E-state index in [9.17, 15) is 4.79 Å². The first kappa shape index (κ1) is 16.1. The number of amides is 1.